The molecule has 0 aromatic carbocycles. The van der Waals surface area contributed by atoms with Crippen LogP contribution in [0.2, 0.25) is 0 Å². The smallest absolute Gasteiger partial charge is 0.110 e. The van der Waals surface area contributed by atoms with Gasteiger partial charge in [0.25, 0.3) is 0 Å². The molecular weight excluding hydrogens is 184 g/mol. The molecule has 5 nitrogen and oxygen atoms in total. The molecule has 0 fully saturated rings. The molecule has 1 aromatic heterocycles. The van der Waals surface area contributed by atoms with Gasteiger partial charge in [-0.3, -0.25) is 4.68 Å². The van der Waals surface area contributed by atoms with E-state index in [1.165, 1.54) is 6.20 Å². The molecular formula is C9H16N2O3. The van der Waals surface area contributed by atoms with E-state index in [0.717, 1.165) is 13.0 Å². The first-order valence-corrected chi connectivity index (χ1v) is 4.68. The average Bonchev–Trinajstić information content (AvgIpc) is 2.64. The van der Waals surface area contributed by atoms with Crippen LogP contribution in [0.25, 0.3) is 0 Å². The van der Waals surface area contributed by atoms with E-state index >= 15 is 0 Å². The van der Waals surface area contributed by atoms with Crippen LogP contribution < -0.4 is 0 Å². The topological polar surface area (TPSA) is 78.5 Å². The zero-order valence-corrected chi connectivity index (χ0v) is 8.17. The third kappa shape index (κ3) is 2.54. The van der Waals surface area contributed by atoms with Crippen molar-refractivity contribution in [1.82, 2.24) is 9.78 Å². The van der Waals surface area contributed by atoms with Crippen LogP contribution in [-0.4, -0.2) is 37.8 Å². The van der Waals surface area contributed by atoms with E-state index in [0.29, 0.717) is 5.56 Å². The van der Waals surface area contributed by atoms with Gasteiger partial charge in [0.15, 0.2) is 0 Å². The Labute approximate surface area is 82.6 Å². The number of aromatic nitrogens is 2. The minimum absolute atomic E-state index is 0.458. The maximum absolute atomic E-state index is 9.51. The van der Waals surface area contributed by atoms with E-state index < -0.39 is 18.8 Å². The molecule has 0 aliphatic rings. The number of hydrogen-bond donors (Lipinski definition) is 3. The molecule has 0 amide bonds. The fourth-order valence-corrected chi connectivity index (χ4v) is 1.21. The van der Waals surface area contributed by atoms with Crippen LogP contribution >= 0.6 is 0 Å². The molecule has 0 saturated heterocycles. The SMILES string of the molecule is CCCn1cc(C(O)C(O)CO)cn1. The first-order valence-electron chi connectivity index (χ1n) is 4.68. The molecule has 0 spiro atoms. The average molecular weight is 200 g/mol. The van der Waals surface area contributed by atoms with Crippen LogP contribution in [0.4, 0.5) is 0 Å². The Balaban J connectivity index is 2.65. The first-order chi connectivity index (χ1) is 6.69. The third-order valence-corrected chi connectivity index (χ3v) is 2.00. The molecule has 0 saturated carbocycles. The van der Waals surface area contributed by atoms with Crippen LogP contribution in [0.5, 0.6) is 0 Å². The molecule has 3 N–H and O–H groups in total. The van der Waals surface area contributed by atoms with E-state index in [9.17, 15) is 10.2 Å². The van der Waals surface area contributed by atoms with Crippen LogP contribution in [-0.2, 0) is 6.54 Å². The summed E-state index contributed by atoms with van der Waals surface area (Å²) in [6.07, 6.45) is 1.92. The van der Waals surface area contributed by atoms with Gasteiger partial charge in [-0.25, -0.2) is 0 Å². The highest BCUT2D eigenvalue weighted by molar-refractivity contribution is 5.09. The Morgan fingerprint density at radius 3 is 2.79 bits per heavy atom. The van der Waals surface area contributed by atoms with Crippen molar-refractivity contribution in [3.63, 3.8) is 0 Å². The predicted octanol–water partition coefficient (Wildman–Crippen LogP) is -0.320. The number of aliphatic hydroxyl groups excluding tert-OH is 3. The van der Waals surface area contributed by atoms with Gasteiger partial charge < -0.3 is 15.3 Å². The molecule has 80 valence electrons. The molecule has 0 radical (unpaired) electrons. The van der Waals surface area contributed by atoms with E-state index in [2.05, 4.69) is 5.10 Å². The quantitative estimate of drug-likeness (QED) is 0.608. The summed E-state index contributed by atoms with van der Waals surface area (Å²) in [4.78, 5) is 0. The minimum Gasteiger partial charge on any atom is -0.394 e. The van der Waals surface area contributed by atoms with Gasteiger partial charge in [0.05, 0.1) is 12.8 Å². The maximum atomic E-state index is 9.51. The van der Waals surface area contributed by atoms with E-state index in [4.69, 9.17) is 5.11 Å². The van der Waals surface area contributed by atoms with E-state index in [1.54, 1.807) is 10.9 Å². The lowest BCUT2D eigenvalue weighted by atomic mass is 10.1. The van der Waals surface area contributed by atoms with Crippen molar-refractivity contribution >= 4 is 0 Å². The van der Waals surface area contributed by atoms with Crippen molar-refractivity contribution in [2.45, 2.75) is 32.1 Å². The highest BCUT2D eigenvalue weighted by atomic mass is 16.4. The Morgan fingerprint density at radius 1 is 1.50 bits per heavy atom. The molecule has 2 atom stereocenters. The van der Waals surface area contributed by atoms with Crippen LogP contribution in [0.1, 0.15) is 25.0 Å². The summed E-state index contributed by atoms with van der Waals surface area (Å²) in [5.41, 5.74) is 0.528. The highest BCUT2D eigenvalue weighted by Crippen LogP contribution is 2.15. The molecule has 0 aliphatic heterocycles. The molecule has 0 bridgehead atoms. The molecule has 1 aromatic rings. The Hall–Kier alpha value is -0.910. The lowest BCUT2D eigenvalue weighted by Gasteiger charge is -2.13. The van der Waals surface area contributed by atoms with Crippen LogP contribution in [0.15, 0.2) is 12.4 Å². The van der Waals surface area contributed by atoms with Gasteiger partial charge in [-0.1, -0.05) is 6.92 Å². The van der Waals surface area contributed by atoms with Gasteiger partial charge in [0, 0.05) is 18.3 Å². The summed E-state index contributed by atoms with van der Waals surface area (Å²) in [7, 11) is 0. The van der Waals surface area contributed by atoms with Gasteiger partial charge in [-0.2, -0.15) is 5.10 Å². The zero-order valence-electron chi connectivity index (χ0n) is 8.17. The minimum atomic E-state index is -1.14. The molecule has 5 heteroatoms. The fourth-order valence-electron chi connectivity index (χ4n) is 1.21. The fraction of sp³-hybridized carbons (Fsp3) is 0.667. The number of nitrogens with zero attached hydrogens (tertiary/aromatic N) is 2. The number of rotatable bonds is 5. The maximum Gasteiger partial charge on any atom is 0.110 e. The second kappa shape index (κ2) is 5.09. The lowest BCUT2D eigenvalue weighted by molar-refractivity contribution is -0.0153. The van der Waals surface area contributed by atoms with Crippen LogP contribution in [0, 0.1) is 0 Å². The second-order valence-electron chi connectivity index (χ2n) is 3.23. The predicted molar refractivity (Wildman–Crippen MR) is 50.6 cm³/mol. The number of hydrogen-bond acceptors (Lipinski definition) is 4. The highest BCUT2D eigenvalue weighted by Gasteiger charge is 2.18. The normalized spacial score (nSPS) is 15.4. The van der Waals surface area contributed by atoms with Crippen molar-refractivity contribution in [1.29, 1.82) is 0 Å². The van der Waals surface area contributed by atoms with Crippen molar-refractivity contribution in [2.75, 3.05) is 6.61 Å². The van der Waals surface area contributed by atoms with Crippen molar-refractivity contribution < 1.29 is 15.3 Å². The Morgan fingerprint density at radius 2 is 2.21 bits per heavy atom. The molecule has 14 heavy (non-hydrogen) atoms. The van der Waals surface area contributed by atoms with Gasteiger partial charge in [-0.05, 0) is 6.42 Å². The standard InChI is InChI=1S/C9H16N2O3/c1-2-3-11-5-7(4-10-11)9(14)8(13)6-12/h4-5,8-9,12-14H,2-3,6H2,1H3. The van der Waals surface area contributed by atoms with E-state index in [1.807, 2.05) is 6.92 Å². The summed E-state index contributed by atoms with van der Waals surface area (Å²) < 4.78 is 1.70. The second-order valence-corrected chi connectivity index (χ2v) is 3.23. The Bertz CT molecular complexity index is 275. The van der Waals surface area contributed by atoms with Gasteiger partial charge in [0.2, 0.25) is 0 Å². The zero-order chi connectivity index (χ0) is 10.6. The Kier molecular flexibility index (Phi) is 4.06. The van der Waals surface area contributed by atoms with Crippen molar-refractivity contribution in [3.8, 4) is 0 Å². The molecule has 1 heterocycles. The summed E-state index contributed by atoms with van der Waals surface area (Å²) >= 11 is 0. The summed E-state index contributed by atoms with van der Waals surface area (Å²) in [6.45, 7) is 2.35. The van der Waals surface area contributed by atoms with Crippen molar-refractivity contribution in [3.05, 3.63) is 18.0 Å². The third-order valence-electron chi connectivity index (χ3n) is 2.00. The van der Waals surface area contributed by atoms with Gasteiger partial charge >= 0.3 is 0 Å². The lowest BCUT2D eigenvalue weighted by Crippen LogP contribution is -2.21. The molecule has 2 unspecified atom stereocenters. The monoisotopic (exact) mass is 200 g/mol. The van der Waals surface area contributed by atoms with Crippen molar-refractivity contribution in [2.24, 2.45) is 0 Å². The summed E-state index contributed by atoms with van der Waals surface area (Å²) in [6, 6.07) is 0. The number of aliphatic hydroxyl groups is 3. The van der Waals surface area contributed by atoms with Gasteiger partial charge in [-0.15, -0.1) is 0 Å². The van der Waals surface area contributed by atoms with E-state index in [-0.39, 0.29) is 0 Å². The number of aryl methyl sites for hydroxylation is 1. The summed E-state index contributed by atoms with van der Waals surface area (Å²) in [5, 5.41) is 31.3. The van der Waals surface area contributed by atoms with Crippen LogP contribution in [0.3, 0.4) is 0 Å². The largest absolute Gasteiger partial charge is 0.394 e. The summed E-state index contributed by atoms with van der Waals surface area (Å²) in [5.74, 6) is 0. The van der Waals surface area contributed by atoms with Gasteiger partial charge in [0.1, 0.15) is 12.2 Å². The molecule has 1 rings (SSSR count). The molecule has 0 aliphatic carbocycles. The first kappa shape index (κ1) is 11.2.